The number of amides is 2. The summed E-state index contributed by atoms with van der Waals surface area (Å²) in [6.45, 7) is 16.1. The fourth-order valence-corrected chi connectivity index (χ4v) is 5.04. The molecule has 1 atom stereocenters. The van der Waals surface area contributed by atoms with Crippen LogP contribution in [0.3, 0.4) is 0 Å². The van der Waals surface area contributed by atoms with Gasteiger partial charge in [0, 0.05) is 38.1 Å². The molecule has 0 bridgehead atoms. The number of carbonyl (C=O) groups is 2. The van der Waals surface area contributed by atoms with Gasteiger partial charge in [-0.2, -0.15) is 0 Å². The van der Waals surface area contributed by atoms with Crippen LogP contribution in [0.4, 0.5) is 0 Å². The lowest BCUT2D eigenvalue weighted by Gasteiger charge is -2.33. The number of nitrogens with two attached hydrogens (primary N) is 2. The molecule has 0 aliphatic rings. The lowest BCUT2D eigenvalue weighted by atomic mass is 9.92. The van der Waals surface area contributed by atoms with Gasteiger partial charge in [0.2, 0.25) is 11.8 Å². The highest BCUT2D eigenvalue weighted by molar-refractivity contribution is 5.81. The van der Waals surface area contributed by atoms with Crippen molar-refractivity contribution in [2.24, 2.45) is 22.8 Å². The maximum absolute atomic E-state index is 13.4. The molecular formula is C35H57N5O3. The van der Waals surface area contributed by atoms with Gasteiger partial charge in [0.15, 0.2) is 0 Å². The van der Waals surface area contributed by atoms with Crippen molar-refractivity contribution in [3.05, 3.63) is 70.8 Å². The van der Waals surface area contributed by atoms with E-state index in [0.717, 1.165) is 41.5 Å². The molecule has 0 aromatic heterocycles. The second-order valence-corrected chi connectivity index (χ2v) is 13.5. The van der Waals surface area contributed by atoms with Crippen LogP contribution in [0.25, 0.3) is 0 Å². The van der Waals surface area contributed by atoms with Crippen molar-refractivity contribution in [2.75, 3.05) is 19.7 Å². The Bertz CT molecular complexity index is 1100. The van der Waals surface area contributed by atoms with Crippen LogP contribution in [-0.4, -0.2) is 43.2 Å². The minimum Gasteiger partial charge on any atom is -0.375 e. The molecule has 0 spiro atoms. The predicted octanol–water partition coefficient (Wildman–Crippen LogP) is 4.58. The van der Waals surface area contributed by atoms with Gasteiger partial charge in [0.05, 0.1) is 24.7 Å². The Morgan fingerprint density at radius 2 is 1.37 bits per heavy atom. The Morgan fingerprint density at radius 3 is 1.93 bits per heavy atom. The van der Waals surface area contributed by atoms with Crippen molar-refractivity contribution in [1.29, 1.82) is 0 Å². The molecule has 7 N–H and O–H groups in total. The Hall–Kier alpha value is -2.78. The number of nitrogens with one attached hydrogen (secondary N) is 3. The molecule has 0 fully saturated rings. The zero-order valence-electron chi connectivity index (χ0n) is 27.4. The number of hydrogen-bond acceptors (Lipinski definition) is 6. The Balaban J connectivity index is 1.87. The lowest BCUT2D eigenvalue weighted by Crippen LogP contribution is -2.47. The summed E-state index contributed by atoms with van der Waals surface area (Å²) in [7, 11) is 0. The summed E-state index contributed by atoms with van der Waals surface area (Å²) >= 11 is 0. The highest BCUT2D eigenvalue weighted by Gasteiger charge is 2.27. The molecule has 1 unspecified atom stereocenters. The molecule has 8 nitrogen and oxygen atoms in total. The number of rotatable bonds is 20. The van der Waals surface area contributed by atoms with E-state index in [1.54, 1.807) is 0 Å². The Kier molecular flexibility index (Phi) is 15.3. The van der Waals surface area contributed by atoms with Gasteiger partial charge in [0.1, 0.15) is 0 Å². The monoisotopic (exact) mass is 595 g/mol. The molecule has 0 saturated heterocycles. The van der Waals surface area contributed by atoms with Crippen molar-refractivity contribution >= 4 is 11.8 Å². The lowest BCUT2D eigenvalue weighted by molar-refractivity contribution is -0.124. The highest BCUT2D eigenvalue weighted by Crippen LogP contribution is 2.24. The molecule has 2 amide bonds. The maximum atomic E-state index is 13.4. The predicted molar refractivity (Wildman–Crippen MR) is 176 cm³/mol. The zero-order valence-corrected chi connectivity index (χ0v) is 27.4. The van der Waals surface area contributed by atoms with Gasteiger partial charge in [-0.1, -0.05) is 76.2 Å². The van der Waals surface area contributed by atoms with Gasteiger partial charge < -0.3 is 32.2 Å². The first-order valence-electron chi connectivity index (χ1n) is 15.8. The first-order valence-corrected chi connectivity index (χ1v) is 15.8. The molecular weight excluding hydrogens is 538 g/mol. The molecule has 8 heteroatoms. The van der Waals surface area contributed by atoms with Crippen LogP contribution in [0, 0.1) is 11.3 Å². The van der Waals surface area contributed by atoms with E-state index in [0.29, 0.717) is 58.1 Å². The Labute approximate surface area is 260 Å². The van der Waals surface area contributed by atoms with E-state index in [9.17, 15) is 9.59 Å². The van der Waals surface area contributed by atoms with Crippen LogP contribution in [0.2, 0.25) is 0 Å². The van der Waals surface area contributed by atoms with Gasteiger partial charge in [-0.05, 0) is 67.7 Å². The molecule has 2 aromatic carbocycles. The summed E-state index contributed by atoms with van der Waals surface area (Å²) in [6, 6.07) is 15.6. The standard InChI is InChI=1S/C35H57N5O3/c1-26(2)20-35(5,6)43-25-34(3,4)24-40-33(42)31(39-23-30-16-14-29(22-37)15-17-30)9-7-8-18-38-32(41)19-27-10-12-28(21-36)13-11-27/h10-17,26,31,39H,7-9,18-25,36-37H2,1-6H3,(H,38,41)(H,40,42). The number of hydrogen-bond donors (Lipinski definition) is 5. The normalized spacial score (nSPS) is 12.8. The number of carbonyl (C=O) groups excluding carboxylic acids is 2. The van der Waals surface area contributed by atoms with E-state index in [1.165, 1.54) is 0 Å². The average molecular weight is 596 g/mol. The average Bonchev–Trinajstić information content (AvgIpc) is 2.96. The van der Waals surface area contributed by atoms with Crippen LogP contribution < -0.4 is 27.4 Å². The number of benzene rings is 2. The van der Waals surface area contributed by atoms with E-state index in [-0.39, 0.29) is 28.9 Å². The second-order valence-electron chi connectivity index (χ2n) is 13.5. The molecule has 0 aliphatic carbocycles. The van der Waals surface area contributed by atoms with Gasteiger partial charge >= 0.3 is 0 Å². The van der Waals surface area contributed by atoms with E-state index in [2.05, 4.69) is 57.5 Å². The van der Waals surface area contributed by atoms with Gasteiger partial charge in [0.25, 0.3) is 0 Å². The van der Waals surface area contributed by atoms with Crippen LogP contribution in [0.1, 0.15) is 89.5 Å². The van der Waals surface area contributed by atoms with Gasteiger partial charge in [-0.3, -0.25) is 9.59 Å². The summed E-state index contributed by atoms with van der Waals surface area (Å²) in [6.07, 6.45) is 3.59. The maximum Gasteiger partial charge on any atom is 0.237 e. The smallest absolute Gasteiger partial charge is 0.237 e. The van der Waals surface area contributed by atoms with Crippen molar-refractivity contribution in [3.8, 4) is 0 Å². The molecule has 2 aromatic rings. The topological polar surface area (TPSA) is 132 Å². The fourth-order valence-electron chi connectivity index (χ4n) is 5.04. The van der Waals surface area contributed by atoms with E-state index < -0.39 is 0 Å². The van der Waals surface area contributed by atoms with Gasteiger partial charge in [-0.25, -0.2) is 0 Å². The minimum absolute atomic E-state index is 0.00475. The molecule has 0 aliphatic heterocycles. The summed E-state index contributed by atoms with van der Waals surface area (Å²) in [5, 5.41) is 9.64. The SMILES string of the molecule is CC(C)CC(C)(C)OCC(C)(C)CNC(=O)C(CCCCNC(=O)Cc1ccc(CN)cc1)NCc1ccc(CN)cc1. The summed E-state index contributed by atoms with van der Waals surface area (Å²) in [4.78, 5) is 25.8. The number of unbranched alkanes of at least 4 members (excludes halogenated alkanes) is 1. The molecule has 2 rings (SSSR count). The second kappa shape index (κ2) is 18.1. The quantitative estimate of drug-likeness (QED) is 0.143. The number of ether oxygens (including phenoxy) is 1. The van der Waals surface area contributed by atoms with Crippen LogP contribution in [0.5, 0.6) is 0 Å². The largest absolute Gasteiger partial charge is 0.375 e. The third kappa shape index (κ3) is 15.0. The fraction of sp³-hybridized carbons (Fsp3) is 0.600. The van der Waals surface area contributed by atoms with Crippen LogP contribution in [0.15, 0.2) is 48.5 Å². The summed E-state index contributed by atoms with van der Waals surface area (Å²) < 4.78 is 6.27. The Morgan fingerprint density at radius 1 is 0.814 bits per heavy atom. The van der Waals surface area contributed by atoms with Crippen LogP contribution >= 0.6 is 0 Å². The van der Waals surface area contributed by atoms with Crippen LogP contribution in [-0.2, 0) is 40.4 Å². The van der Waals surface area contributed by atoms with E-state index in [1.807, 2.05) is 48.5 Å². The third-order valence-corrected chi connectivity index (χ3v) is 7.49. The van der Waals surface area contributed by atoms with Crippen molar-refractivity contribution in [2.45, 2.75) is 105 Å². The first kappa shape index (κ1) is 36.4. The first-order chi connectivity index (χ1) is 20.3. The van der Waals surface area contributed by atoms with Crippen molar-refractivity contribution < 1.29 is 14.3 Å². The van der Waals surface area contributed by atoms with Gasteiger partial charge in [-0.15, -0.1) is 0 Å². The third-order valence-electron chi connectivity index (χ3n) is 7.49. The van der Waals surface area contributed by atoms with Crippen molar-refractivity contribution in [3.63, 3.8) is 0 Å². The van der Waals surface area contributed by atoms with E-state index in [4.69, 9.17) is 16.2 Å². The molecule has 0 radical (unpaired) electrons. The minimum atomic E-state index is -0.347. The molecule has 0 heterocycles. The van der Waals surface area contributed by atoms with E-state index >= 15 is 0 Å². The zero-order chi connectivity index (χ0) is 31.9. The molecule has 0 saturated carbocycles. The summed E-state index contributed by atoms with van der Waals surface area (Å²) in [5.41, 5.74) is 15.2. The molecule has 240 valence electrons. The van der Waals surface area contributed by atoms with Crippen molar-refractivity contribution in [1.82, 2.24) is 16.0 Å². The highest BCUT2D eigenvalue weighted by atomic mass is 16.5. The summed E-state index contributed by atoms with van der Waals surface area (Å²) in [5.74, 6) is 0.534. The molecule has 43 heavy (non-hydrogen) atoms.